The van der Waals surface area contributed by atoms with E-state index < -0.39 is 0 Å². The number of halogens is 1. The van der Waals surface area contributed by atoms with Gasteiger partial charge in [0.05, 0.1) is 6.54 Å². The van der Waals surface area contributed by atoms with Crippen LogP contribution in [-0.2, 0) is 17.8 Å². The summed E-state index contributed by atoms with van der Waals surface area (Å²) in [6, 6.07) is 16.3. The topological polar surface area (TPSA) is 31.7 Å². The highest BCUT2D eigenvalue weighted by molar-refractivity contribution is 5.81. The molecule has 3 aromatic rings. The first-order valence-electron chi connectivity index (χ1n) is 13.2. The summed E-state index contributed by atoms with van der Waals surface area (Å²) in [5.74, 6) is -0.0486. The Kier molecular flexibility index (Phi) is 7.49. The Morgan fingerprint density at radius 2 is 1.66 bits per heavy atom. The van der Waals surface area contributed by atoms with Crippen molar-refractivity contribution in [1.29, 1.82) is 0 Å². The maximum absolute atomic E-state index is 13.1. The van der Waals surface area contributed by atoms with E-state index in [1.165, 1.54) is 28.5 Å². The normalized spacial score (nSPS) is 18.2. The standard InChI is InChI=1S/C29H37FN4O/c1-23(35)34(32-15-3-2-4-16-32)22-25-5-8-26-12-20-33(29(26)21-25)28-13-18-31(19-14-28)17-11-24-6-9-27(30)10-7-24/h5-10,12,20-21,28H,2-4,11,13-19,22H2,1H3. The van der Waals surface area contributed by atoms with E-state index in [9.17, 15) is 9.18 Å². The van der Waals surface area contributed by atoms with E-state index in [4.69, 9.17) is 0 Å². The first kappa shape index (κ1) is 24.0. The van der Waals surface area contributed by atoms with Gasteiger partial charge in [-0.05, 0) is 72.9 Å². The molecule has 0 bridgehead atoms. The molecule has 5 nitrogen and oxygen atoms in total. The minimum atomic E-state index is -0.169. The molecule has 5 rings (SSSR count). The van der Waals surface area contributed by atoms with E-state index in [1.54, 1.807) is 19.1 Å². The number of amides is 1. The fourth-order valence-electron chi connectivity index (χ4n) is 5.67. The van der Waals surface area contributed by atoms with Crippen molar-refractivity contribution in [2.75, 3.05) is 32.7 Å². The Hall–Kier alpha value is -2.70. The second-order valence-corrected chi connectivity index (χ2v) is 10.2. The third-order valence-electron chi connectivity index (χ3n) is 7.74. The number of aromatic nitrogens is 1. The number of piperidine rings is 2. The number of hydrogen-bond donors (Lipinski definition) is 0. The minimum absolute atomic E-state index is 0.121. The van der Waals surface area contributed by atoms with Crippen molar-refractivity contribution in [3.8, 4) is 0 Å². The summed E-state index contributed by atoms with van der Waals surface area (Å²) in [4.78, 5) is 15.0. The number of fused-ring (bicyclic) bond motifs is 1. The molecule has 0 atom stereocenters. The van der Waals surface area contributed by atoms with Crippen molar-refractivity contribution >= 4 is 16.8 Å². The van der Waals surface area contributed by atoms with Gasteiger partial charge in [0.15, 0.2) is 0 Å². The third kappa shape index (κ3) is 5.76. The zero-order valence-corrected chi connectivity index (χ0v) is 20.8. The van der Waals surface area contributed by atoms with E-state index in [2.05, 4.69) is 44.9 Å². The molecule has 0 radical (unpaired) electrons. The number of carbonyl (C=O) groups excluding carboxylic acids is 1. The number of benzene rings is 2. The highest BCUT2D eigenvalue weighted by Gasteiger charge is 2.23. The van der Waals surface area contributed by atoms with Crippen LogP contribution >= 0.6 is 0 Å². The van der Waals surface area contributed by atoms with E-state index in [1.807, 2.05) is 17.1 Å². The number of carbonyl (C=O) groups is 1. The summed E-state index contributed by atoms with van der Waals surface area (Å²) in [7, 11) is 0. The molecule has 35 heavy (non-hydrogen) atoms. The van der Waals surface area contributed by atoms with Gasteiger partial charge >= 0.3 is 0 Å². The van der Waals surface area contributed by atoms with Gasteiger partial charge in [-0.15, -0.1) is 0 Å². The van der Waals surface area contributed by atoms with Crippen LogP contribution in [-0.4, -0.2) is 58.1 Å². The van der Waals surface area contributed by atoms with Crippen LogP contribution in [0.3, 0.4) is 0 Å². The van der Waals surface area contributed by atoms with Crippen molar-refractivity contribution in [3.05, 3.63) is 71.7 Å². The van der Waals surface area contributed by atoms with Crippen molar-refractivity contribution < 1.29 is 9.18 Å². The van der Waals surface area contributed by atoms with Gasteiger partial charge in [0.1, 0.15) is 5.82 Å². The summed E-state index contributed by atoms with van der Waals surface area (Å²) >= 11 is 0. The monoisotopic (exact) mass is 476 g/mol. The van der Waals surface area contributed by atoms with Crippen LogP contribution in [0, 0.1) is 5.82 Å². The summed E-state index contributed by atoms with van der Waals surface area (Å²) in [6.07, 6.45) is 9.04. The number of likely N-dealkylation sites (tertiary alicyclic amines) is 1. The van der Waals surface area contributed by atoms with Crippen molar-refractivity contribution in [2.45, 2.75) is 58.0 Å². The first-order chi connectivity index (χ1) is 17.1. The molecule has 0 spiro atoms. The number of hydrogen-bond acceptors (Lipinski definition) is 3. The number of rotatable bonds is 7. The van der Waals surface area contributed by atoms with Crippen molar-refractivity contribution in [2.24, 2.45) is 0 Å². The molecule has 0 saturated carbocycles. The molecule has 2 aliphatic rings. The summed E-state index contributed by atoms with van der Waals surface area (Å²) in [5, 5.41) is 5.43. The van der Waals surface area contributed by atoms with E-state index in [0.717, 1.165) is 64.8 Å². The predicted molar refractivity (Wildman–Crippen MR) is 138 cm³/mol. The molecule has 2 aliphatic heterocycles. The van der Waals surface area contributed by atoms with Gasteiger partial charge < -0.3 is 9.47 Å². The van der Waals surface area contributed by atoms with Crippen molar-refractivity contribution in [3.63, 3.8) is 0 Å². The second-order valence-electron chi connectivity index (χ2n) is 10.2. The summed E-state index contributed by atoms with van der Waals surface area (Å²) in [6.45, 7) is 7.44. The third-order valence-corrected chi connectivity index (χ3v) is 7.74. The molecule has 2 aromatic carbocycles. The molecule has 0 N–H and O–H groups in total. The van der Waals surface area contributed by atoms with Crippen LogP contribution in [0.15, 0.2) is 54.7 Å². The number of hydrazine groups is 1. The number of nitrogens with zero attached hydrogens (tertiary/aromatic N) is 4. The van der Waals surface area contributed by atoms with Crippen LogP contribution in [0.5, 0.6) is 0 Å². The molecular weight excluding hydrogens is 439 g/mol. The fraction of sp³-hybridized carbons (Fsp3) is 0.483. The first-order valence-corrected chi connectivity index (χ1v) is 13.2. The Morgan fingerprint density at radius 3 is 2.37 bits per heavy atom. The van der Waals surface area contributed by atoms with Gasteiger partial charge in [0.2, 0.25) is 5.91 Å². The van der Waals surface area contributed by atoms with Gasteiger partial charge in [-0.3, -0.25) is 9.80 Å². The lowest BCUT2D eigenvalue weighted by Crippen LogP contribution is -2.47. The Bertz CT molecular complexity index is 1130. The second kappa shape index (κ2) is 10.9. The van der Waals surface area contributed by atoms with Gasteiger partial charge in [-0.25, -0.2) is 9.40 Å². The molecule has 2 fully saturated rings. The molecule has 2 saturated heterocycles. The van der Waals surface area contributed by atoms with Crippen LogP contribution in [0.2, 0.25) is 0 Å². The van der Waals surface area contributed by atoms with Gasteiger partial charge in [-0.1, -0.05) is 30.7 Å². The lowest BCUT2D eigenvalue weighted by atomic mass is 10.0. The van der Waals surface area contributed by atoms with Crippen LogP contribution in [0.25, 0.3) is 10.9 Å². The molecular formula is C29H37FN4O. The molecule has 6 heteroatoms. The largest absolute Gasteiger partial charge is 0.344 e. The van der Waals surface area contributed by atoms with E-state index in [0.29, 0.717) is 12.6 Å². The van der Waals surface area contributed by atoms with Gasteiger partial charge in [0.25, 0.3) is 0 Å². The van der Waals surface area contributed by atoms with Crippen LogP contribution < -0.4 is 0 Å². The summed E-state index contributed by atoms with van der Waals surface area (Å²) in [5.41, 5.74) is 3.66. The predicted octanol–water partition coefficient (Wildman–Crippen LogP) is 5.41. The molecule has 1 amide bonds. The quantitative estimate of drug-likeness (QED) is 0.457. The van der Waals surface area contributed by atoms with Crippen LogP contribution in [0.1, 0.15) is 56.2 Å². The summed E-state index contributed by atoms with van der Waals surface area (Å²) < 4.78 is 15.6. The highest BCUT2D eigenvalue weighted by atomic mass is 19.1. The Morgan fingerprint density at radius 1 is 0.943 bits per heavy atom. The molecule has 3 heterocycles. The lowest BCUT2D eigenvalue weighted by molar-refractivity contribution is -0.150. The van der Waals surface area contributed by atoms with Crippen molar-refractivity contribution in [1.82, 2.24) is 19.5 Å². The molecule has 0 unspecified atom stereocenters. The maximum atomic E-state index is 13.1. The highest BCUT2D eigenvalue weighted by Crippen LogP contribution is 2.29. The van der Waals surface area contributed by atoms with Gasteiger partial charge in [0, 0.05) is 57.4 Å². The lowest BCUT2D eigenvalue weighted by Gasteiger charge is -2.37. The zero-order chi connectivity index (χ0) is 24.2. The molecule has 186 valence electrons. The maximum Gasteiger partial charge on any atom is 0.234 e. The SMILES string of the molecule is CC(=O)N(Cc1ccc2ccn(C3CCN(CCc4ccc(F)cc4)CC3)c2c1)N1CCCCC1. The average Bonchev–Trinajstić information content (AvgIpc) is 3.31. The minimum Gasteiger partial charge on any atom is -0.344 e. The fourth-order valence-corrected chi connectivity index (χ4v) is 5.67. The molecule has 1 aromatic heterocycles. The van der Waals surface area contributed by atoms with E-state index >= 15 is 0 Å². The zero-order valence-electron chi connectivity index (χ0n) is 20.8. The van der Waals surface area contributed by atoms with E-state index in [-0.39, 0.29) is 11.7 Å². The molecule has 0 aliphatic carbocycles. The Balaban J connectivity index is 1.22. The smallest absolute Gasteiger partial charge is 0.234 e. The average molecular weight is 477 g/mol. The Labute approximate surface area is 208 Å². The van der Waals surface area contributed by atoms with Crippen LogP contribution in [0.4, 0.5) is 4.39 Å². The van der Waals surface area contributed by atoms with Gasteiger partial charge in [-0.2, -0.15) is 0 Å².